The second-order valence-corrected chi connectivity index (χ2v) is 5.62. The van der Waals surface area contributed by atoms with Crippen molar-refractivity contribution >= 4 is 16.7 Å². The third-order valence-electron chi connectivity index (χ3n) is 3.96. The summed E-state index contributed by atoms with van der Waals surface area (Å²) >= 11 is 0. The van der Waals surface area contributed by atoms with Gasteiger partial charge < -0.3 is 15.2 Å². The zero-order valence-corrected chi connectivity index (χ0v) is 11.7. The molecule has 1 atom stereocenters. The lowest BCUT2D eigenvalue weighted by Gasteiger charge is -2.28. The highest BCUT2D eigenvalue weighted by Crippen LogP contribution is 2.21. The van der Waals surface area contributed by atoms with Crippen molar-refractivity contribution < 1.29 is 0 Å². The molecule has 2 N–H and O–H groups in total. The number of nitrogens with zero attached hydrogens (tertiary/aromatic N) is 2. The van der Waals surface area contributed by atoms with E-state index in [9.17, 15) is 0 Å². The Morgan fingerprint density at radius 2 is 2.32 bits per heavy atom. The Kier molecular flexibility index (Phi) is 3.42. The predicted octanol–water partition coefficient (Wildman–Crippen LogP) is 2.31. The number of hydrogen-bond donors (Lipinski definition) is 2. The van der Waals surface area contributed by atoms with Gasteiger partial charge in [0.15, 0.2) is 0 Å². The van der Waals surface area contributed by atoms with Crippen molar-refractivity contribution in [2.24, 2.45) is 5.92 Å². The summed E-state index contributed by atoms with van der Waals surface area (Å²) in [7, 11) is 2.18. The molecule has 4 heteroatoms. The van der Waals surface area contributed by atoms with Gasteiger partial charge in [-0.05, 0) is 57.0 Å². The van der Waals surface area contributed by atoms with Gasteiger partial charge in [0, 0.05) is 19.3 Å². The highest BCUT2D eigenvalue weighted by molar-refractivity contribution is 5.79. The third kappa shape index (κ3) is 2.73. The van der Waals surface area contributed by atoms with Crippen LogP contribution in [0.2, 0.25) is 0 Å². The van der Waals surface area contributed by atoms with E-state index in [0.29, 0.717) is 0 Å². The molecule has 1 aromatic carbocycles. The summed E-state index contributed by atoms with van der Waals surface area (Å²) in [6.45, 7) is 5.44. The Morgan fingerprint density at radius 3 is 3.11 bits per heavy atom. The number of anilines is 1. The zero-order chi connectivity index (χ0) is 13.2. The molecule has 102 valence electrons. The first-order chi connectivity index (χ1) is 9.22. The molecule has 0 aliphatic carbocycles. The van der Waals surface area contributed by atoms with Gasteiger partial charge in [-0.1, -0.05) is 0 Å². The highest BCUT2D eigenvalue weighted by atomic mass is 15.1. The van der Waals surface area contributed by atoms with E-state index in [1.807, 2.05) is 6.92 Å². The van der Waals surface area contributed by atoms with E-state index in [1.165, 1.54) is 25.1 Å². The number of rotatable bonds is 3. The Bertz CT molecular complexity index is 554. The highest BCUT2D eigenvalue weighted by Gasteiger charge is 2.15. The number of nitrogens with one attached hydrogen (secondary N) is 2. The third-order valence-corrected chi connectivity index (χ3v) is 3.96. The van der Waals surface area contributed by atoms with Crippen molar-refractivity contribution in [1.82, 2.24) is 15.3 Å². The van der Waals surface area contributed by atoms with E-state index in [0.717, 1.165) is 35.9 Å². The molecular weight excluding hydrogens is 236 g/mol. The maximum Gasteiger partial charge on any atom is 0.104 e. The Morgan fingerprint density at radius 1 is 1.42 bits per heavy atom. The van der Waals surface area contributed by atoms with E-state index < -0.39 is 0 Å². The van der Waals surface area contributed by atoms with Crippen molar-refractivity contribution in [2.75, 3.05) is 31.6 Å². The summed E-state index contributed by atoms with van der Waals surface area (Å²) in [5, 5.41) is 3.48. The molecule has 1 saturated heterocycles. The van der Waals surface area contributed by atoms with Crippen LogP contribution in [-0.2, 0) is 0 Å². The molecule has 19 heavy (non-hydrogen) atoms. The first-order valence-corrected chi connectivity index (χ1v) is 7.10. The number of imidazole rings is 1. The predicted molar refractivity (Wildman–Crippen MR) is 79.7 cm³/mol. The van der Waals surface area contributed by atoms with E-state index in [4.69, 9.17) is 0 Å². The summed E-state index contributed by atoms with van der Waals surface area (Å²) in [4.78, 5) is 10.1. The van der Waals surface area contributed by atoms with Crippen LogP contribution in [0.25, 0.3) is 11.0 Å². The van der Waals surface area contributed by atoms with Gasteiger partial charge in [0.2, 0.25) is 0 Å². The standard InChI is InChI=1S/C15H22N4/c1-11-17-14-6-5-13(8-15(14)18-11)19(2)10-12-4-3-7-16-9-12/h5-6,8,12,16H,3-4,7,9-10H2,1-2H3,(H,17,18). The lowest BCUT2D eigenvalue weighted by molar-refractivity contribution is 0.381. The zero-order valence-electron chi connectivity index (χ0n) is 11.7. The molecule has 1 aliphatic heterocycles. The minimum atomic E-state index is 0.762. The van der Waals surface area contributed by atoms with Crippen molar-refractivity contribution in [3.8, 4) is 0 Å². The number of aryl methyl sites for hydroxylation is 1. The van der Waals surface area contributed by atoms with Gasteiger partial charge in [-0.15, -0.1) is 0 Å². The molecule has 1 unspecified atom stereocenters. The molecule has 0 amide bonds. The summed E-state index contributed by atoms with van der Waals surface area (Å²) in [5.41, 5.74) is 3.44. The molecule has 0 saturated carbocycles. The SMILES string of the molecule is Cc1nc2ccc(N(C)CC3CCCNC3)cc2[nH]1. The molecule has 2 aromatic rings. The Balaban J connectivity index is 1.74. The number of hydrogen-bond acceptors (Lipinski definition) is 3. The fourth-order valence-corrected chi connectivity index (χ4v) is 2.94. The molecule has 4 nitrogen and oxygen atoms in total. The van der Waals surface area contributed by atoms with Crippen LogP contribution in [0, 0.1) is 12.8 Å². The van der Waals surface area contributed by atoms with Gasteiger partial charge in [0.1, 0.15) is 5.82 Å². The second kappa shape index (κ2) is 5.21. The van der Waals surface area contributed by atoms with E-state index in [-0.39, 0.29) is 0 Å². The van der Waals surface area contributed by atoms with Crippen LogP contribution in [0.15, 0.2) is 18.2 Å². The lowest BCUT2D eigenvalue weighted by Crippen LogP contribution is -2.36. The van der Waals surface area contributed by atoms with Crippen molar-refractivity contribution in [1.29, 1.82) is 0 Å². The smallest absolute Gasteiger partial charge is 0.104 e. The second-order valence-electron chi connectivity index (χ2n) is 5.62. The molecular formula is C15H22N4. The minimum Gasteiger partial charge on any atom is -0.374 e. The Hall–Kier alpha value is -1.55. The maximum atomic E-state index is 4.45. The molecule has 0 spiro atoms. The fourth-order valence-electron chi connectivity index (χ4n) is 2.94. The van der Waals surface area contributed by atoms with Gasteiger partial charge >= 0.3 is 0 Å². The number of aromatic amines is 1. The van der Waals surface area contributed by atoms with Gasteiger partial charge in [-0.25, -0.2) is 4.98 Å². The fraction of sp³-hybridized carbons (Fsp3) is 0.533. The normalized spacial score (nSPS) is 19.8. The van der Waals surface area contributed by atoms with Crippen molar-refractivity contribution in [2.45, 2.75) is 19.8 Å². The number of aromatic nitrogens is 2. The topological polar surface area (TPSA) is 44.0 Å². The average molecular weight is 258 g/mol. The van der Waals surface area contributed by atoms with Crippen LogP contribution in [-0.4, -0.2) is 36.6 Å². The molecule has 3 rings (SSSR count). The van der Waals surface area contributed by atoms with Crippen LogP contribution in [0.4, 0.5) is 5.69 Å². The molecule has 0 bridgehead atoms. The molecule has 1 aromatic heterocycles. The summed E-state index contributed by atoms with van der Waals surface area (Å²) in [5.74, 6) is 1.74. The minimum absolute atomic E-state index is 0.762. The van der Waals surface area contributed by atoms with Crippen LogP contribution >= 0.6 is 0 Å². The van der Waals surface area contributed by atoms with Gasteiger partial charge in [-0.2, -0.15) is 0 Å². The van der Waals surface area contributed by atoms with Crippen LogP contribution in [0.3, 0.4) is 0 Å². The number of piperidine rings is 1. The van der Waals surface area contributed by atoms with E-state index in [2.05, 4.69) is 45.4 Å². The van der Waals surface area contributed by atoms with Gasteiger partial charge in [-0.3, -0.25) is 0 Å². The largest absolute Gasteiger partial charge is 0.374 e. The number of benzene rings is 1. The number of H-pyrrole nitrogens is 1. The first kappa shape index (κ1) is 12.5. The van der Waals surface area contributed by atoms with Crippen LogP contribution in [0.5, 0.6) is 0 Å². The maximum absolute atomic E-state index is 4.45. The summed E-state index contributed by atoms with van der Waals surface area (Å²) in [6, 6.07) is 6.47. The molecule has 0 radical (unpaired) electrons. The molecule has 1 fully saturated rings. The monoisotopic (exact) mass is 258 g/mol. The molecule has 1 aliphatic rings. The van der Waals surface area contributed by atoms with Crippen LogP contribution in [0.1, 0.15) is 18.7 Å². The van der Waals surface area contributed by atoms with Crippen LogP contribution < -0.4 is 10.2 Å². The Labute approximate surface area is 114 Å². The van der Waals surface area contributed by atoms with Gasteiger partial charge in [0.25, 0.3) is 0 Å². The lowest BCUT2D eigenvalue weighted by atomic mass is 9.99. The van der Waals surface area contributed by atoms with Gasteiger partial charge in [0.05, 0.1) is 11.0 Å². The first-order valence-electron chi connectivity index (χ1n) is 7.10. The molecule has 2 heterocycles. The van der Waals surface area contributed by atoms with Crippen molar-refractivity contribution in [3.05, 3.63) is 24.0 Å². The van der Waals surface area contributed by atoms with E-state index in [1.54, 1.807) is 0 Å². The summed E-state index contributed by atoms with van der Waals surface area (Å²) in [6.07, 6.45) is 2.64. The average Bonchev–Trinajstić information content (AvgIpc) is 2.78. The van der Waals surface area contributed by atoms with E-state index >= 15 is 0 Å². The van der Waals surface area contributed by atoms with Crippen molar-refractivity contribution in [3.63, 3.8) is 0 Å². The number of fused-ring (bicyclic) bond motifs is 1. The summed E-state index contributed by atoms with van der Waals surface area (Å²) < 4.78 is 0. The quantitative estimate of drug-likeness (QED) is 0.888.